The van der Waals surface area contributed by atoms with Gasteiger partial charge in [-0.05, 0) is 31.5 Å². The van der Waals surface area contributed by atoms with Gasteiger partial charge in [-0.3, -0.25) is 4.79 Å². The maximum atomic E-state index is 12.7. The Hall–Kier alpha value is -1.42. The Kier molecular flexibility index (Phi) is 4.43. The number of carbonyl (C=O) groups is 1. The Bertz CT molecular complexity index is 351. The van der Waals surface area contributed by atoms with Crippen molar-refractivity contribution in [2.75, 3.05) is 0 Å². The minimum absolute atomic E-state index is 0.0116. The highest BCUT2D eigenvalue weighted by atomic mass is 19.1. The van der Waals surface area contributed by atoms with Crippen LogP contribution in [-0.2, 0) is 4.79 Å². The summed E-state index contributed by atoms with van der Waals surface area (Å²) in [7, 11) is 0. The number of primary amides is 1. The van der Waals surface area contributed by atoms with Gasteiger partial charge in [0.05, 0.1) is 0 Å². The van der Waals surface area contributed by atoms with Gasteiger partial charge in [-0.2, -0.15) is 0 Å². The average Bonchev–Trinajstić information content (AvgIpc) is 2.16. The van der Waals surface area contributed by atoms with Crippen LogP contribution in [0.15, 0.2) is 24.3 Å². The zero-order valence-electron chi connectivity index (χ0n) is 9.53. The highest BCUT2D eigenvalue weighted by Gasteiger charge is 2.11. The molecule has 1 aromatic rings. The second-order valence-corrected chi connectivity index (χ2v) is 4.01. The molecule has 0 saturated heterocycles. The van der Waals surface area contributed by atoms with Crippen LogP contribution in [-0.4, -0.2) is 11.9 Å². The fourth-order valence-corrected chi connectivity index (χ4v) is 1.64. The number of hydrogen-bond acceptors (Lipinski definition) is 2. The van der Waals surface area contributed by atoms with E-state index >= 15 is 0 Å². The summed E-state index contributed by atoms with van der Waals surface area (Å²) in [5.74, 6) is -0.576. The molecule has 0 radical (unpaired) electrons. The summed E-state index contributed by atoms with van der Waals surface area (Å²) >= 11 is 0. The number of nitrogens with two attached hydrogens (primary N) is 1. The molecule has 88 valence electrons. The van der Waals surface area contributed by atoms with Crippen LogP contribution in [0.3, 0.4) is 0 Å². The van der Waals surface area contributed by atoms with E-state index in [0.717, 1.165) is 5.56 Å². The van der Waals surface area contributed by atoms with E-state index in [4.69, 9.17) is 5.73 Å². The molecule has 2 unspecified atom stereocenters. The highest BCUT2D eigenvalue weighted by Crippen LogP contribution is 2.13. The standard InChI is InChI=1S/C12H17FN2O/c1-8(7-12(14)16)15-9(2)10-3-5-11(13)6-4-10/h3-6,8-9,15H,7H2,1-2H3,(H2,14,16). The van der Waals surface area contributed by atoms with E-state index in [1.165, 1.54) is 12.1 Å². The van der Waals surface area contributed by atoms with Crippen molar-refractivity contribution in [3.05, 3.63) is 35.6 Å². The molecule has 0 aliphatic rings. The summed E-state index contributed by atoms with van der Waals surface area (Å²) in [6.07, 6.45) is 0.297. The van der Waals surface area contributed by atoms with Gasteiger partial charge in [0.25, 0.3) is 0 Å². The van der Waals surface area contributed by atoms with Crippen LogP contribution < -0.4 is 11.1 Å². The van der Waals surface area contributed by atoms with Crippen molar-refractivity contribution in [2.45, 2.75) is 32.4 Å². The fourth-order valence-electron chi connectivity index (χ4n) is 1.64. The molecule has 3 nitrogen and oxygen atoms in total. The molecule has 0 aliphatic carbocycles. The number of hydrogen-bond donors (Lipinski definition) is 2. The van der Waals surface area contributed by atoms with Crippen molar-refractivity contribution in [1.29, 1.82) is 0 Å². The summed E-state index contributed by atoms with van der Waals surface area (Å²) in [4.78, 5) is 10.7. The minimum Gasteiger partial charge on any atom is -0.370 e. The molecule has 0 aliphatic heterocycles. The highest BCUT2D eigenvalue weighted by molar-refractivity contribution is 5.74. The van der Waals surface area contributed by atoms with Crippen molar-refractivity contribution in [2.24, 2.45) is 5.73 Å². The Balaban J connectivity index is 2.54. The summed E-state index contributed by atoms with van der Waals surface area (Å²) in [5.41, 5.74) is 6.08. The van der Waals surface area contributed by atoms with Gasteiger partial charge in [0.15, 0.2) is 0 Å². The number of nitrogens with one attached hydrogen (secondary N) is 1. The minimum atomic E-state index is -0.327. The van der Waals surface area contributed by atoms with Gasteiger partial charge in [0, 0.05) is 18.5 Å². The van der Waals surface area contributed by atoms with E-state index in [9.17, 15) is 9.18 Å². The molecule has 0 spiro atoms. The SMILES string of the molecule is CC(CC(N)=O)NC(C)c1ccc(F)cc1. The third kappa shape index (κ3) is 3.98. The predicted octanol–water partition coefficient (Wildman–Crippen LogP) is 1.74. The van der Waals surface area contributed by atoms with Crippen LogP contribution in [0.2, 0.25) is 0 Å². The maximum absolute atomic E-state index is 12.7. The van der Waals surface area contributed by atoms with E-state index in [0.29, 0.717) is 6.42 Å². The summed E-state index contributed by atoms with van der Waals surface area (Å²) < 4.78 is 12.7. The molecule has 0 saturated carbocycles. The Morgan fingerprint density at radius 2 is 1.94 bits per heavy atom. The lowest BCUT2D eigenvalue weighted by atomic mass is 10.1. The van der Waals surface area contributed by atoms with E-state index in [-0.39, 0.29) is 23.8 Å². The fraction of sp³-hybridized carbons (Fsp3) is 0.417. The van der Waals surface area contributed by atoms with Gasteiger partial charge in [-0.15, -0.1) is 0 Å². The van der Waals surface area contributed by atoms with Gasteiger partial charge in [-0.25, -0.2) is 4.39 Å². The molecular formula is C12H17FN2O. The maximum Gasteiger partial charge on any atom is 0.218 e. The predicted molar refractivity (Wildman–Crippen MR) is 61.2 cm³/mol. The Labute approximate surface area is 94.8 Å². The van der Waals surface area contributed by atoms with E-state index in [2.05, 4.69) is 5.32 Å². The number of benzene rings is 1. The molecule has 0 heterocycles. The lowest BCUT2D eigenvalue weighted by Gasteiger charge is -2.19. The largest absolute Gasteiger partial charge is 0.370 e. The first kappa shape index (κ1) is 12.6. The number of carbonyl (C=O) groups excluding carboxylic acids is 1. The van der Waals surface area contributed by atoms with Crippen LogP contribution in [0.1, 0.15) is 31.9 Å². The Morgan fingerprint density at radius 1 is 1.38 bits per heavy atom. The zero-order valence-corrected chi connectivity index (χ0v) is 9.53. The van der Waals surface area contributed by atoms with Crippen molar-refractivity contribution >= 4 is 5.91 Å². The van der Waals surface area contributed by atoms with Crippen LogP contribution in [0.4, 0.5) is 4.39 Å². The summed E-state index contributed by atoms with van der Waals surface area (Å²) in [5, 5.41) is 3.22. The lowest BCUT2D eigenvalue weighted by molar-refractivity contribution is -0.118. The number of amides is 1. The first-order chi connectivity index (χ1) is 7.49. The van der Waals surface area contributed by atoms with Crippen LogP contribution in [0.25, 0.3) is 0 Å². The molecule has 2 atom stereocenters. The summed E-state index contributed by atoms with van der Waals surface area (Å²) in [6.45, 7) is 3.86. The van der Waals surface area contributed by atoms with Crippen molar-refractivity contribution in [1.82, 2.24) is 5.32 Å². The van der Waals surface area contributed by atoms with Gasteiger partial charge in [-0.1, -0.05) is 12.1 Å². The van der Waals surface area contributed by atoms with Gasteiger partial charge >= 0.3 is 0 Å². The average molecular weight is 224 g/mol. The molecule has 1 rings (SSSR count). The van der Waals surface area contributed by atoms with Crippen molar-refractivity contribution in [3.63, 3.8) is 0 Å². The van der Waals surface area contributed by atoms with Gasteiger partial charge in [0.2, 0.25) is 5.91 Å². The third-order valence-electron chi connectivity index (χ3n) is 2.41. The molecule has 0 fully saturated rings. The van der Waals surface area contributed by atoms with Crippen LogP contribution >= 0.6 is 0 Å². The smallest absolute Gasteiger partial charge is 0.218 e. The molecule has 1 amide bonds. The summed E-state index contributed by atoms with van der Waals surface area (Å²) in [6, 6.07) is 6.37. The van der Waals surface area contributed by atoms with Gasteiger partial charge < -0.3 is 11.1 Å². The number of rotatable bonds is 5. The number of halogens is 1. The normalized spacial score (nSPS) is 14.4. The van der Waals surface area contributed by atoms with E-state index in [1.54, 1.807) is 12.1 Å². The van der Waals surface area contributed by atoms with Crippen molar-refractivity contribution < 1.29 is 9.18 Å². The van der Waals surface area contributed by atoms with Crippen LogP contribution in [0, 0.1) is 5.82 Å². The monoisotopic (exact) mass is 224 g/mol. The second kappa shape index (κ2) is 5.61. The Morgan fingerprint density at radius 3 is 2.44 bits per heavy atom. The first-order valence-electron chi connectivity index (χ1n) is 5.29. The molecule has 0 bridgehead atoms. The van der Waals surface area contributed by atoms with Gasteiger partial charge in [0.1, 0.15) is 5.82 Å². The zero-order chi connectivity index (χ0) is 12.1. The third-order valence-corrected chi connectivity index (χ3v) is 2.41. The molecule has 4 heteroatoms. The molecule has 16 heavy (non-hydrogen) atoms. The second-order valence-electron chi connectivity index (χ2n) is 4.01. The van der Waals surface area contributed by atoms with Crippen LogP contribution in [0.5, 0.6) is 0 Å². The molecule has 3 N–H and O–H groups in total. The quantitative estimate of drug-likeness (QED) is 0.800. The topological polar surface area (TPSA) is 55.1 Å². The lowest BCUT2D eigenvalue weighted by Crippen LogP contribution is -2.32. The van der Waals surface area contributed by atoms with E-state index < -0.39 is 0 Å². The first-order valence-corrected chi connectivity index (χ1v) is 5.29. The molecular weight excluding hydrogens is 207 g/mol. The molecule has 1 aromatic carbocycles. The molecule has 0 aromatic heterocycles. The van der Waals surface area contributed by atoms with Crippen molar-refractivity contribution in [3.8, 4) is 0 Å². The van der Waals surface area contributed by atoms with E-state index in [1.807, 2.05) is 13.8 Å².